The molecule has 100 valence electrons. The number of hydrogen-bond acceptors (Lipinski definition) is 4. The first-order valence-corrected chi connectivity index (χ1v) is 7.72. The standard InChI is InChI=1S/C11H22N2O3S/c1-10(2,17(3,15)16)8-13-9(14)11(7-12)5-4-6-11/h4-8,12H2,1-3H3,(H,13,14). The topological polar surface area (TPSA) is 89.3 Å². The van der Waals surface area contributed by atoms with E-state index in [-0.39, 0.29) is 12.5 Å². The van der Waals surface area contributed by atoms with Crippen LogP contribution in [0.25, 0.3) is 0 Å². The Balaban J connectivity index is 2.60. The molecule has 0 radical (unpaired) electrons. The summed E-state index contributed by atoms with van der Waals surface area (Å²) in [5.41, 5.74) is 5.16. The minimum atomic E-state index is -3.18. The summed E-state index contributed by atoms with van der Waals surface area (Å²) in [7, 11) is -3.18. The molecule has 6 heteroatoms. The molecule has 0 atom stereocenters. The molecule has 0 bridgehead atoms. The molecular weight excluding hydrogens is 240 g/mol. The Morgan fingerprint density at radius 1 is 1.41 bits per heavy atom. The van der Waals surface area contributed by atoms with Crippen molar-refractivity contribution in [2.75, 3.05) is 19.3 Å². The number of carbonyl (C=O) groups is 1. The summed E-state index contributed by atoms with van der Waals surface area (Å²) in [4.78, 5) is 12.0. The molecule has 0 spiro atoms. The van der Waals surface area contributed by atoms with Gasteiger partial charge in [0.25, 0.3) is 0 Å². The Hall–Kier alpha value is -0.620. The highest BCUT2D eigenvalue weighted by Gasteiger charge is 2.43. The van der Waals surface area contributed by atoms with Crippen molar-refractivity contribution < 1.29 is 13.2 Å². The number of amides is 1. The van der Waals surface area contributed by atoms with Crippen molar-refractivity contribution in [2.45, 2.75) is 37.9 Å². The Labute approximate surface area is 103 Å². The van der Waals surface area contributed by atoms with Gasteiger partial charge in [-0.2, -0.15) is 0 Å². The fraction of sp³-hybridized carbons (Fsp3) is 0.909. The molecule has 5 nitrogen and oxygen atoms in total. The zero-order valence-electron chi connectivity index (χ0n) is 10.7. The quantitative estimate of drug-likeness (QED) is 0.733. The second kappa shape index (κ2) is 4.57. The molecule has 0 saturated heterocycles. The maximum Gasteiger partial charge on any atom is 0.227 e. The number of sulfone groups is 1. The third-order valence-corrected chi connectivity index (χ3v) is 6.01. The van der Waals surface area contributed by atoms with Crippen LogP contribution in [0.1, 0.15) is 33.1 Å². The van der Waals surface area contributed by atoms with Gasteiger partial charge in [0.05, 0.1) is 10.2 Å². The van der Waals surface area contributed by atoms with E-state index in [1.807, 2.05) is 0 Å². The first-order chi connectivity index (χ1) is 7.65. The van der Waals surface area contributed by atoms with Gasteiger partial charge >= 0.3 is 0 Å². The molecule has 1 aliphatic carbocycles. The highest BCUT2D eigenvalue weighted by atomic mass is 32.2. The monoisotopic (exact) mass is 262 g/mol. The average molecular weight is 262 g/mol. The smallest absolute Gasteiger partial charge is 0.227 e. The van der Waals surface area contributed by atoms with Gasteiger partial charge in [-0.3, -0.25) is 4.79 Å². The summed E-state index contributed by atoms with van der Waals surface area (Å²) in [6, 6.07) is 0. The maximum atomic E-state index is 12.0. The van der Waals surface area contributed by atoms with Gasteiger partial charge in [-0.15, -0.1) is 0 Å². The molecule has 1 rings (SSSR count). The van der Waals surface area contributed by atoms with Gasteiger partial charge in [0, 0.05) is 19.3 Å². The second-order valence-corrected chi connectivity index (χ2v) is 8.20. The molecule has 0 unspecified atom stereocenters. The molecule has 1 saturated carbocycles. The summed E-state index contributed by atoms with van der Waals surface area (Å²) in [5.74, 6) is -0.108. The lowest BCUT2D eigenvalue weighted by Gasteiger charge is -2.39. The van der Waals surface area contributed by atoms with E-state index in [0.717, 1.165) is 19.3 Å². The lowest BCUT2D eigenvalue weighted by atomic mass is 9.68. The molecular formula is C11H22N2O3S. The molecule has 0 heterocycles. The fourth-order valence-electron chi connectivity index (χ4n) is 1.74. The molecule has 0 aromatic carbocycles. The Kier molecular flexibility index (Phi) is 3.88. The SMILES string of the molecule is CC(C)(CNC(=O)C1(CN)CCC1)S(C)(=O)=O. The van der Waals surface area contributed by atoms with Crippen LogP contribution in [0.5, 0.6) is 0 Å². The lowest BCUT2D eigenvalue weighted by Crippen LogP contribution is -2.53. The van der Waals surface area contributed by atoms with Crippen molar-refractivity contribution in [3.05, 3.63) is 0 Å². The first kappa shape index (κ1) is 14.4. The van der Waals surface area contributed by atoms with Crippen LogP contribution in [0.4, 0.5) is 0 Å². The molecule has 3 N–H and O–H groups in total. The molecule has 17 heavy (non-hydrogen) atoms. The summed E-state index contributed by atoms with van der Waals surface area (Å²) >= 11 is 0. The van der Waals surface area contributed by atoms with E-state index in [0.29, 0.717) is 6.54 Å². The highest BCUT2D eigenvalue weighted by Crippen LogP contribution is 2.40. The minimum Gasteiger partial charge on any atom is -0.354 e. The third-order valence-electron chi connectivity index (χ3n) is 3.86. The summed E-state index contributed by atoms with van der Waals surface area (Å²) in [6.45, 7) is 3.68. The molecule has 0 aromatic rings. The maximum absolute atomic E-state index is 12.0. The van der Waals surface area contributed by atoms with Crippen molar-refractivity contribution in [3.8, 4) is 0 Å². The van der Waals surface area contributed by atoms with E-state index in [9.17, 15) is 13.2 Å². The van der Waals surface area contributed by atoms with Crippen molar-refractivity contribution in [2.24, 2.45) is 11.1 Å². The molecule has 1 amide bonds. The Morgan fingerprint density at radius 2 is 1.94 bits per heavy atom. The zero-order valence-corrected chi connectivity index (χ0v) is 11.6. The van der Waals surface area contributed by atoms with E-state index in [4.69, 9.17) is 5.73 Å². The predicted molar refractivity (Wildman–Crippen MR) is 67.3 cm³/mol. The van der Waals surface area contributed by atoms with Crippen LogP contribution in [0.2, 0.25) is 0 Å². The number of carbonyl (C=O) groups excluding carboxylic acids is 1. The minimum absolute atomic E-state index is 0.108. The zero-order chi connectivity index (χ0) is 13.3. The molecule has 1 aliphatic rings. The van der Waals surface area contributed by atoms with Crippen molar-refractivity contribution >= 4 is 15.7 Å². The van der Waals surface area contributed by atoms with Crippen LogP contribution < -0.4 is 11.1 Å². The van der Waals surface area contributed by atoms with E-state index < -0.39 is 20.0 Å². The molecule has 0 aromatic heterocycles. The average Bonchev–Trinajstić information content (AvgIpc) is 2.12. The van der Waals surface area contributed by atoms with Crippen LogP contribution >= 0.6 is 0 Å². The number of nitrogens with one attached hydrogen (secondary N) is 1. The molecule has 1 fully saturated rings. The van der Waals surface area contributed by atoms with Gasteiger partial charge in [0.2, 0.25) is 5.91 Å². The largest absolute Gasteiger partial charge is 0.354 e. The van der Waals surface area contributed by atoms with Gasteiger partial charge in [-0.1, -0.05) is 6.42 Å². The predicted octanol–water partition coefficient (Wildman–Crippen LogP) is 0.0548. The fourth-order valence-corrected chi connectivity index (χ4v) is 2.07. The van der Waals surface area contributed by atoms with Gasteiger partial charge < -0.3 is 11.1 Å². The summed E-state index contributed by atoms with van der Waals surface area (Å²) in [6.07, 6.45) is 3.80. The Bertz CT molecular complexity index is 391. The van der Waals surface area contributed by atoms with Gasteiger partial charge in [-0.25, -0.2) is 8.42 Å². The summed E-state index contributed by atoms with van der Waals surface area (Å²) in [5, 5.41) is 2.73. The van der Waals surface area contributed by atoms with E-state index in [1.54, 1.807) is 13.8 Å². The van der Waals surface area contributed by atoms with Crippen LogP contribution in [-0.4, -0.2) is 38.4 Å². The first-order valence-electron chi connectivity index (χ1n) is 5.83. The van der Waals surface area contributed by atoms with Crippen molar-refractivity contribution in [3.63, 3.8) is 0 Å². The molecule has 0 aliphatic heterocycles. The van der Waals surface area contributed by atoms with Gasteiger partial charge in [-0.05, 0) is 26.7 Å². The van der Waals surface area contributed by atoms with E-state index >= 15 is 0 Å². The number of nitrogens with two attached hydrogens (primary N) is 1. The Morgan fingerprint density at radius 3 is 2.24 bits per heavy atom. The number of rotatable bonds is 5. The second-order valence-electron chi connectivity index (χ2n) is 5.55. The lowest BCUT2D eigenvalue weighted by molar-refractivity contribution is -0.135. The highest BCUT2D eigenvalue weighted by molar-refractivity contribution is 7.92. The van der Waals surface area contributed by atoms with Crippen molar-refractivity contribution in [1.82, 2.24) is 5.32 Å². The summed E-state index contributed by atoms with van der Waals surface area (Å²) < 4.78 is 22.0. The van der Waals surface area contributed by atoms with Crippen LogP contribution in [0, 0.1) is 5.41 Å². The van der Waals surface area contributed by atoms with Crippen molar-refractivity contribution in [1.29, 1.82) is 0 Å². The van der Waals surface area contributed by atoms with Gasteiger partial charge in [0.15, 0.2) is 9.84 Å². The normalized spacial score (nSPS) is 19.5. The van der Waals surface area contributed by atoms with E-state index in [2.05, 4.69) is 5.32 Å². The number of hydrogen-bond donors (Lipinski definition) is 2. The van der Waals surface area contributed by atoms with Crippen LogP contribution in [-0.2, 0) is 14.6 Å². The van der Waals surface area contributed by atoms with Gasteiger partial charge in [0.1, 0.15) is 0 Å². The van der Waals surface area contributed by atoms with Crippen LogP contribution in [0.3, 0.4) is 0 Å². The third kappa shape index (κ3) is 2.80. The van der Waals surface area contributed by atoms with E-state index in [1.165, 1.54) is 6.26 Å². The van der Waals surface area contributed by atoms with Crippen LogP contribution in [0.15, 0.2) is 0 Å².